The average Bonchev–Trinajstić information content (AvgIpc) is 3.07. The third-order valence-corrected chi connectivity index (χ3v) is 7.51. The van der Waals surface area contributed by atoms with E-state index in [1.54, 1.807) is 6.07 Å². The van der Waals surface area contributed by atoms with Crippen LogP contribution in [0.1, 0.15) is 42.5 Å². The van der Waals surface area contributed by atoms with E-state index in [0.717, 1.165) is 12.8 Å². The van der Waals surface area contributed by atoms with Crippen LogP contribution in [0.25, 0.3) is 0 Å². The zero-order chi connectivity index (χ0) is 19.4. The molecular formula is C19H25FN2O4S. The van der Waals surface area contributed by atoms with Gasteiger partial charge in [0, 0.05) is 26.2 Å². The zero-order valence-electron chi connectivity index (χ0n) is 15.3. The average molecular weight is 396 g/mol. The normalized spacial score (nSPS) is 19.1. The first-order valence-corrected chi connectivity index (χ1v) is 11.1. The minimum absolute atomic E-state index is 0.0149. The fourth-order valence-corrected chi connectivity index (χ4v) is 5.62. The second kappa shape index (κ2) is 8.37. The predicted molar refractivity (Wildman–Crippen MR) is 99.5 cm³/mol. The monoisotopic (exact) mass is 396 g/mol. The molecule has 3 rings (SSSR count). The van der Waals surface area contributed by atoms with E-state index in [1.807, 2.05) is 0 Å². The van der Waals surface area contributed by atoms with Crippen LogP contribution in [-0.4, -0.2) is 67.2 Å². The first kappa shape index (κ1) is 19.8. The smallest absolute Gasteiger partial charge is 0.256 e. The second-order valence-corrected chi connectivity index (χ2v) is 9.50. The van der Waals surface area contributed by atoms with Crippen LogP contribution < -0.4 is 0 Å². The molecule has 0 N–H and O–H groups in total. The number of hydrogen-bond acceptors (Lipinski definition) is 4. The van der Waals surface area contributed by atoms with Crippen molar-refractivity contribution in [2.75, 3.05) is 31.9 Å². The molecule has 2 amide bonds. The molecule has 1 saturated heterocycles. The molecule has 0 radical (unpaired) electrons. The second-order valence-electron chi connectivity index (χ2n) is 7.22. The van der Waals surface area contributed by atoms with Gasteiger partial charge < -0.3 is 9.80 Å². The van der Waals surface area contributed by atoms with Crippen LogP contribution in [0, 0.1) is 5.82 Å². The van der Waals surface area contributed by atoms with Crippen molar-refractivity contribution >= 4 is 21.7 Å². The van der Waals surface area contributed by atoms with Gasteiger partial charge in [0.1, 0.15) is 11.6 Å². The maximum absolute atomic E-state index is 13.9. The van der Waals surface area contributed by atoms with Crippen molar-refractivity contribution in [3.05, 3.63) is 35.6 Å². The van der Waals surface area contributed by atoms with Crippen LogP contribution >= 0.6 is 0 Å². The van der Waals surface area contributed by atoms with E-state index in [2.05, 4.69) is 0 Å². The number of rotatable bonds is 4. The van der Waals surface area contributed by atoms with Gasteiger partial charge in [-0.2, -0.15) is 0 Å². The van der Waals surface area contributed by atoms with E-state index in [-0.39, 0.29) is 18.7 Å². The molecule has 1 aliphatic heterocycles. The summed E-state index contributed by atoms with van der Waals surface area (Å²) in [6.07, 6.45) is 3.61. The number of carbonyl (C=O) groups excluding carboxylic acids is 2. The highest BCUT2D eigenvalue weighted by Crippen LogP contribution is 2.25. The van der Waals surface area contributed by atoms with Gasteiger partial charge in [-0.1, -0.05) is 25.0 Å². The topological polar surface area (TPSA) is 74.8 Å². The minimum atomic E-state index is -3.42. The number of carbonyl (C=O) groups is 2. The third kappa shape index (κ3) is 4.66. The van der Waals surface area contributed by atoms with Crippen LogP contribution in [0.15, 0.2) is 24.3 Å². The first-order chi connectivity index (χ1) is 12.9. The molecule has 0 unspecified atom stereocenters. The Morgan fingerprint density at radius 3 is 2.30 bits per heavy atom. The summed E-state index contributed by atoms with van der Waals surface area (Å²) in [6.45, 7) is 1.34. The van der Waals surface area contributed by atoms with Crippen LogP contribution in [0.4, 0.5) is 4.39 Å². The lowest BCUT2D eigenvalue weighted by Crippen LogP contribution is -2.41. The Kier molecular flexibility index (Phi) is 6.14. The van der Waals surface area contributed by atoms with E-state index >= 15 is 0 Å². The summed E-state index contributed by atoms with van der Waals surface area (Å²) in [5.74, 6) is -1.83. The molecule has 0 spiro atoms. The Hall–Kier alpha value is -1.96. The summed E-state index contributed by atoms with van der Waals surface area (Å²) in [5.41, 5.74) is 0.0149. The van der Waals surface area contributed by atoms with Gasteiger partial charge in [0.05, 0.1) is 10.8 Å². The molecule has 1 aliphatic carbocycles. The molecule has 0 atom stereocenters. The van der Waals surface area contributed by atoms with Crippen molar-refractivity contribution in [3.63, 3.8) is 0 Å². The number of benzene rings is 1. The molecule has 2 fully saturated rings. The fourth-order valence-electron chi connectivity index (χ4n) is 3.80. The quantitative estimate of drug-likeness (QED) is 0.779. The van der Waals surface area contributed by atoms with Gasteiger partial charge in [-0.15, -0.1) is 0 Å². The first-order valence-electron chi connectivity index (χ1n) is 9.41. The van der Waals surface area contributed by atoms with E-state index in [0.29, 0.717) is 32.4 Å². The van der Waals surface area contributed by atoms with Crippen LogP contribution in [0.3, 0.4) is 0 Å². The maximum Gasteiger partial charge on any atom is 0.256 e. The highest BCUT2D eigenvalue weighted by molar-refractivity contribution is 7.92. The van der Waals surface area contributed by atoms with Crippen LogP contribution in [0.2, 0.25) is 0 Å². The lowest BCUT2D eigenvalue weighted by Gasteiger charge is -2.23. The van der Waals surface area contributed by atoms with Gasteiger partial charge in [-0.3, -0.25) is 9.59 Å². The molecule has 1 saturated carbocycles. The molecule has 148 valence electrons. The van der Waals surface area contributed by atoms with Crippen molar-refractivity contribution in [3.8, 4) is 0 Å². The van der Waals surface area contributed by atoms with E-state index in [4.69, 9.17) is 0 Å². The van der Waals surface area contributed by atoms with Gasteiger partial charge in [0.2, 0.25) is 5.91 Å². The number of nitrogens with zero attached hydrogens (tertiary/aromatic N) is 2. The number of halogens is 1. The van der Waals surface area contributed by atoms with Gasteiger partial charge in [0.25, 0.3) is 5.91 Å². The summed E-state index contributed by atoms with van der Waals surface area (Å²) >= 11 is 0. The van der Waals surface area contributed by atoms with Crippen molar-refractivity contribution < 1.29 is 22.4 Å². The Morgan fingerprint density at radius 1 is 0.963 bits per heavy atom. The Labute approximate surface area is 159 Å². The summed E-state index contributed by atoms with van der Waals surface area (Å²) < 4.78 is 38.7. The molecule has 0 aromatic heterocycles. The predicted octanol–water partition coefficient (Wildman–Crippen LogP) is 1.86. The van der Waals surface area contributed by atoms with Gasteiger partial charge >= 0.3 is 0 Å². The lowest BCUT2D eigenvalue weighted by atomic mass is 10.2. The fraction of sp³-hybridized carbons (Fsp3) is 0.579. The highest BCUT2D eigenvalue weighted by Gasteiger charge is 2.33. The molecular weight excluding hydrogens is 371 g/mol. The Balaban J connectivity index is 1.60. The van der Waals surface area contributed by atoms with Crippen molar-refractivity contribution in [1.29, 1.82) is 0 Å². The van der Waals surface area contributed by atoms with Gasteiger partial charge in [-0.05, 0) is 31.4 Å². The van der Waals surface area contributed by atoms with E-state index < -0.39 is 38.5 Å². The number of sulfone groups is 1. The van der Waals surface area contributed by atoms with Gasteiger partial charge in [0.15, 0.2) is 9.84 Å². The minimum Gasteiger partial charge on any atom is -0.340 e. The maximum atomic E-state index is 13.9. The van der Waals surface area contributed by atoms with Crippen LogP contribution in [0.5, 0.6) is 0 Å². The molecule has 27 heavy (non-hydrogen) atoms. The largest absolute Gasteiger partial charge is 0.340 e. The van der Waals surface area contributed by atoms with Crippen molar-refractivity contribution in [2.45, 2.75) is 37.4 Å². The Morgan fingerprint density at radius 2 is 1.59 bits per heavy atom. The molecule has 1 aromatic rings. The Bertz CT molecular complexity index is 806. The number of amides is 2. The molecule has 1 heterocycles. The summed E-state index contributed by atoms with van der Waals surface area (Å²) in [5, 5.41) is -0.396. The molecule has 2 aliphatic rings. The zero-order valence-corrected chi connectivity index (χ0v) is 16.1. The molecule has 0 bridgehead atoms. The number of hydrogen-bond donors (Lipinski definition) is 0. The SMILES string of the molecule is O=C(CS(=O)(=O)C1CCCC1)N1CCCN(C(=O)c2ccccc2F)CC1. The standard InChI is InChI=1S/C19H25FN2O4S/c20-17-9-4-3-8-16(17)19(24)22-11-5-10-21(12-13-22)18(23)14-27(25,26)15-6-1-2-7-15/h3-4,8-9,15H,1-2,5-7,10-14H2. The van der Waals surface area contributed by atoms with Crippen molar-refractivity contribution in [2.24, 2.45) is 0 Å². The van der Waals surface area contributed by atoms with Gasteiger partial charge in [-0.25, -0.2) is 12.8 Å². The van der Waals surface area contributed by atoms with E-state index in [9.17, 15) is 22.4 Å². The molecule has 1 aromatic carbocycles. The summed E-state index contributed by atoms with van der Waals surface area (Å²) in [7, 11) is -3.42. The summed E-state index contributed by atoms with van der Waals surface area (Å²) in [4.78, 5) is 28.1. The lowest BCUT2D eigenvalue weighted by molar-refractivity contribution is -0.128. The molecule has 8 heteroatoms. The molecule has 6 nitrogen and oxygen atoms in total. The highest BCUT2D eigenvalue weighted by atomic mass is 32.2. The van der Waals surface area contributed by atoms with Crippen LogP contribution in [-0.2, 0) is 14.6 Å². The summed E-state index contributed by atoms with van der Waals surface area (Å²) in [6, 6.07) is 5.83. The van der Waals surface area contributed by atoms with Crippen molar-refractivity contribution in [1.82, 2.24) is 9.80 Å². The third-order valence-electron chi connectivity index (χ3n) is 5.37. The van der Waals surface area contributed by atoms with E-state index in [1.165, 1.54) is 28.0 Å².